The van der Waals surface area contributed by atoms with Crippen LogP contribution in [0.15, 0.2) is 146 Å². The molecule has 0 saturated carbocycles. The van der Waals surface area contributed by atoms with Gasteiger partial charge in [-0.1, -0.05) is 133 Å². The third-order valence-corrected chi connectivity index (χ3v) is 7.62. The van der Waals surface area contributed by atoms with Crippen LogP contribution in [0, 0.1) is 0 Å². The van der Waals surface area contributed by atoms with Crippen molar-refractivity contribution in [3.05, 3.63) is 173 Å². The minimum Gasteiger partial charge on any atom is -0.481 e. The van der Waals surface area contributed by atoms with Crippen LogP contribution in [-0.4, -0.2) is 29.4 Å². The van der Waals surface area contributed by atoms with E-state index in [2.05, 4.69) is 0 Å². The zero-order valence-corrected chi connectivity index (χ0v) is 23.5. The van der Waals surface area contributed by atoms with Gasteiger partial charge in [0.1, 0.15) is 17.9 Å². The van der Waals surface area contributed by atoms with E-state index >= 15 is 0 Å². The monoisotopic (exact) mass is 568 g/mol. The smallest absolute Gasteiger partial charge is 0.334 e. The molecule has 1 unspecified atom stereocenters. The molecule has 2 N–H and O–H groups in total. The van der Waals surface area contributed by atoms with Gasteiger partial charge in [0.2, 0.25) is 5.91 Å². The molecular weight excluding hydrogens is 536 g/mol. The van der Waals surface area contributed by atoms with Crippen LogP contribution in [0.4, 0.5) is 0 Å². The number of nitrogens with two attached hydrogens (primary N) is 1. The second kappa shape index (κ2) is 12.8. The summed E-state index contributed by atoms with van der Waals surface area (Å²) >= 11 is 0. The van der Waals surface area contributed by atoms with Gasteiger partial charge in [0, 0.05) is 6.54 Å². The SMILES string of the molecule is N[C@H]1CN(C(C(=O)OC(c2ccccc2)c2ccccc2)c2ccc(OC(c3ccccc3)c3ccccc3)cc2)C1=O. The summed E-state index contributed by atoms with van der Waals surface area (Å²) in [5.41, 5.74) is 10.3. The van der Waals surface area contributed by atoms with Crippen LogP contribution < -0.4 is 10.5 Å². The fraction of sp³-hybridized carbons (Fsp3) is 0.135. The number of benzene rings is 5. The molecule has 6 rings (SSSR count). The van der Waals surface area contributed by atoms with E-state index < -0.39 is 24.2 Å². The van der Waals surface area contributed by atoms with Crippen molar-refractivity contribution in [1.29, 1.82) is 0 Å². The standard InChI is InChI=1S/C37H32N2O4/c38-32-25-39(36(32)40)33(37(41)43-35(29-17-9-3-10-18-29)30-19-11-4-12-20-30)26-21-23-31(24-22-26)42-34(27-13-5-1-6-14-27)28-15-7-2-8-16-28/h1-24,32-35H,25,38H2/t32-,33?/m0/s1. The molecule has 1 heterocycles. The van der Waals surface area contributed by atoms with E-state index in [0.717, 1.165) is 22.3 Å². The highest BCUT2D eigenvalue weighted by atomic mass is 16.5. The second-order valence-corrected chi connectivity index (χ2v) is 10.5. The summed E-state index contributed by atoms with van der Waals surface area (Å²) in [6.45, 7) is 0.266. The molecule has 0 bridgehead atoms. The largest absolute Gasteiger partial charge is 0.481 e. The van der Waals surface area contributed by atoms with Gasteiger partial charge in [-0.15, -0.1) is 0 Å². The Balaban J connectivity index is 1.28. The number of rotatable bonds is 10. The molecule has 1 aliphatic heterocycles. The zero-order chi connectivity index (χ0) is 29.6. The minimum atomic E-state index is -0.949. The fourth-order valence-electron chi connectivity index (χ4n) is 5.37. The number of esters is 1. The highest BCUT2D eigenvalue weighted by molar-refractivity contribution is 5.93. The van der Waals surface area contributed by atoms with Crippen molar-refractivity contribution in [2.24, 2.45) is 5.73 Å². The summed E-state index contributed by atoms with van der Waals surface area (Å²) in [5, 5.41) is 0. The van der Waals surface area contributed by atoms with Gasteiger partial charge in [0.15, 0.2) is 12.1 Å². The zero-order valence-electron chi connectivity index (χ0n) is 23.5. The Bertz CT molecular complexity index is 1570. The molecule has 6 nitrogen and oxygen atoms in total. The van der Waals surface area contributed by atoms with Crippen molar-refractivity contribution in [2.45, 2.75) is 24.3 Å². The average molecular weight is 569 g/mol. The first-order valence-electron chi connectivity index (χ1n) is 14.3. The van der Waals surface area contributed by atoms with E-state index in [1.165, 1.54) is 4.90 Å². The van der Waals surface area contributed by atoms with Crippen LogP contribution in [0.2, 0.25) is 0 Å². The average Bonchev–Trinajstić information content (AvgIpc) is 3.08. The van der Waals surface area contributed by atoms with E-state index in [4.69, 9.17) is 15.2 Å². The van der Waals surface area contributed by atoms with Crippen LogP contribution in [0.3, 0.4) is 0 Å². The van der Waals surface area contributed by atoms with Gasteiger partial charge >= 0.3 is 5.97 Å². The number of likely N-dealkylation sites (tertiary alicyclic amines) is 1. The molecule has 1 fully saturated rings. The summed E-state index contributed by atoms with van der Waals surface area (Å²) in [6, 6.07) is 44.9. The Morgan fingerprint density at radius 1 is 0.605 bits per heavy atom. The third kappa shape index (κ3) is 6.20. The van der Waals surface area contributed by atoms with Crippen LogP contribution in [0.1, 0.15) is 46.1 Å². The highest BCUT2D eigenvalue weighted by Crippen LogP contribution is 2.35. The number of nitrogens with zero attached hydrogens (tertiary/aromatic N) is 1. The molecule has 1 saturated heterocycles. The lowest BCUT2D eigenvalue weighted by Crippen LogP contribution is -2.63. The summed E-state index contributed by atoms with van der Waals surface area (Å²) in [6.07, 6.45) is -0.955. The molecule has 1 aliphatic rings. The predicted octanol–water partition coefficient (Wildman–Crippen LogP) is 6.40. The molecule has 43 heavy (non-hydrogen) atoms. The Morgan fingerprint density at radius 2 is 1.02 bits per heavy atom. The van der Waals surface area contributed by atoms with E-state index in [1.54, 1.807) is 0 Å². The Hall–Kier alpha value is -5.20. The lowest BCUT2D eigenvalue weighted by Gasteiger charge is -2.41. The van der Waals surface area contributed by atoms with Crippen molar-refractivity contribution in [2.75, 3.05) is 6.54 Å². The fourth-order valence-corrected chi connectivity index (χ4v) is 5.37. The minimum absolute atomic E-state index is 0.266. The van der Waals surface area contributed by atoms with Gasteiger partial charge in [-0.2, -0.15) is 0 Å². The van der Waals surface area contributed by atoms with Gasteiger partial charge in [-0.05, 0) is 39.9 Å². The van der Waals surface area contributed by atoms with Gasteiger partial charge in [0.05, 0.1) is 0 Å². The second-order valence-electron chi connectivity index (χ2n) is 10.5. The molecule has 1 amide bonds. The molecule has 0 aliphatic carbocycles. The van der Waals surface area contributed by atoms with Crippen LogP contribution >= 0.6 is 0 Å². The summed E-state index contributed by atoms with van der Waals surface area (Å²) < 4.78 is 12.7. The first-order valence-corrected chi connectivity index (χ1v) is 14.3. The Morgan fingerprint density at radius 3 is 1.42 bits per heavy atom. The number of ether oxygens (including phenoxy) is 2. The van der Waals surface area contributed by atoms with Crippen molar-refractivity contribution in [3.63, 3.8) is 0 Å². The first-order chi connectivity index (χ1) is 21.1. The predicted molar refractivity (Wildman–Crippen MR) is 165 cm³/mol. The highest BCUT2D eigenvalue weighted by Gasteiger charge is 2.43. The number of carbonyl (C=O) groups is 2. The van der Waals surface area contributed by atoms with E-state index in [-0.39, 0.29) is 18.6 Å². The number of carbonyl (C=O) groups excluding carboxylic acids is 2. The maximum atomic E-state index is 13.9. The molecule has 5 aromatic carbocycles. The van der Waals surface area contributed by atoms with Crippen molar-refractivity contribution >= 4 is 11.9 Å². The van der Waals surface area contributed by atoms with Crippen molar-refractivity contribution < 1.29 is 19.1 Å². The van der Waals surface area contributed by atoms with E-state index in [9.17, 15) is 9.59 Å². The van der Waals surface area contributed by atoms with Gasteiger partial charge in [-0.25, -0.2) is 4.79 Å². The van der Waals surface area contributed by atoms with Crippen molar-refractivity contribution in [1.82, 2.24) is 4.90 Å². The van der Waals surface area contributed by atoms with Gasteiger partial charge in [-0.3, -0.25) is 4.79 Å². The Kier molecular flexibility index (Phi) is 8.29. The van der Waals surface area contributed by atoms with Crippen LogP contribution in [-0.2, 0) is 14.3 Å². The summed E-state index contributed by atoms with van der Waals surface area (Å²) in [5.74, 6) is -0.184. The molecule has 0 radical (unpaired) electrons. The van der Waals surface area contributed by atoms with Gasteiger partial charge < -0.3 is 20.1 Å². The maximum Gasteiger partial charge on any atom is 0.334 e. The van der Waals surface area contributed by atoms with Gasteiger partial charge in [0.25, 0.3) is 0 Å². The normalized spacial score (nSPS) is 15.2. The topological polar surface area (TPSA) is 81.9 Å². The van der Waals surface area contributed by atoms with Crippen molar-refractivity contribution in [3.8, 4) is 5.75 Å². The van der Waals surface area contributed by atoms with E-state index in [1.807, 2.05) is 146 Å². The Labute approximate surface area is 251 Å². The quantitative estimate of drug-likeness (QED) is 0.156. The molecular formula is C37H32N2O4. The molecule has 5 aromatic rings. The number of hydrogen-bond acceptors (Lipinski definition) is 5. The first kappa shape index (κ1) is 27.9. The maximum absolute atomic E-state index is 13.9. The molecule has 2 atom stereocenters. The van der Waals surface area contributed by atoms with Crippen LogP contribution in [0.25, 0.3) is 0 Å². The summed E-state index contributed by atoms with van der Waals surface area (Å²) in [7, 11) is 0. The molecule has 0 aromatic heterocycles. The lowest BCUT2D eigenvalue weighted by molar-refractivity contribution is -0.164. The molecule has 0 spiro atoms. The molecule has 214 valence electrons. The third-order valence-electron chi connectivity index (χ3n) is 7.62. The van der Waals surface area contributed by atoms with Crippen LogP contribution in [0.5, 0.6) is 5.75 Å². The lowest BCUT2D eigenvalue weighted by atomic mass is 9.97. The number of β-lactam (4-membered cyclic amide) rings is 1. The molecule has 6 heteroatoms. The number of amides is 1. The van der Waals surface area contributed by atoms with E-state index in [0.29, 0.717) is 11.3 Å². The summed E-state index contributed by atoms with van der Waals surface area (Å²) in [4.78, 5) is 28.2. The number of hydrogen-bond donors (Lipinski definition) is 1.